The van der Waals surface area contributed by atoms with Crippen molar-refractivity contribution >= 4 is 17.0 Å². The predicted octanol–water partition coefficient (Wildman–Crippen LogP) is 2.69. The van der Waals surface area contributed by atoms with Gasteiger partial charge >= 0.3 is 6.09 Å². The zero-order chi connectivity index (χ0) is 13.3. The molecule has 1 heterocycles. The number of carbonyl (C=O) groups is 1. The molecule has 5 heteroatoms. The van der Waals surface area contributed by atoms with E-state index in [1.54, 1.807) is 45.2 Å². The number of aromatic nitrogens is 2. The normalized spacial score (nSPS) is 11.2. The number of benzene rings is 1. The monoisotopic (exact) mass is 243 g/mol. The summed E-state index contributed by atoms with van der Waals surface area (Å²) >= 11 is 0. The maximum absolute atomic E-state index is 11.9. The van der Waals surface area contributed by atoms with E-state index < -0.39 is 11.7 Å². The third-order valence-corrected chi connectivity index (χ3v) is 2.26. The van der Waals surface area contributed by atoms with Crippen molar-refractivity contribution in [3.63, 3.8) is 0 Å². The van der Waals surface area contributed by atoms with Gasteiger partial charge in [0.25, 0.3) is 0 Å². The Hall–Kier alpha value is -2.35. The molecule has 0 amide bonds. The molecule has 0 unspecified atom stereocenters. The smallest absolute Gasteiger partial charge is 0.435 e. The number of hydrogen-bond donors (Lipinski definition) is 0. The van der Waals surface area contributed by atoms with Gasteiger partial charge in [-0.2, -0.15) is 15.0 Å². The van der Waals surface area contributed by atoms with Crippen molar-refractivity contribution in [2.24, 2.45) is 0 Å². The molecule has 0 radical (unpaired) electrons. The molecule has 1 aromatic carbocycles. The Morgan fingerprint density at radius 1 is 1.44 bits per heavy atom. The van der Waals surface area contributed by atoms with E-state index in [0.717, 1.165) is 5.39 Å². The van der Waals surface area contributed by atoms with Gasteiger partial charge in [-0.1, -0.05) is 0 Å². The van der Waals surface area contributed by atoms with Crippen LogP contribution >= 0.6 is 0 Å². The van der Waals surface area contributed by atoms with E-state index in [-0.39, 0.29) is 0 Å². The Bertz CT molecular complexity index is 644. The second-order valence-electron chi connectivity index (χ2n) is 4.92. The third kappa shape index (κ3) is 2.33. The predicted molar refractivity (Wildman–Crippen MR) is 66.1 cm³/mol. The summed E-state index contributed by atoms with van der Waals surface area (Å²) in [6, 6.07) is 7.06. The van der Waals surface area contributed by atoms with Gasteiger partial charge in [-0.15, -0.1) is 0 Å². The van der Waals surface area contributed by atoms with Crippen LogP contribution in [0.25, 0.3) is 10.9 Å². The number of ether oxygens (including phenoxy) is 1. The highest BCUT2D eigenvalue weighted by Gasteiger charge is 2.19. The van der Waals surface area contributed by atoms with E-state index >= 15 is 0 Å². The molecule has 18 heavy (non-hydrogen) atoms. The number of hydrogen-bond acceptors (Lipinski definition) is 4. The minimum Gasteiger partial charge on any atom is -0.442 e. The Balaban J connectivity index is 2.42. The summed E-state index contributed by atoms with van der Waals surface area (Å²) in [5, 5.41) is 13.5. The molecule has 2 rings (SSSR count). The highest BCUT2D eigenvalue weighted by molar-refractivity contribution is 5.88. The highest BCUT2D eigenvalue weighted by atomic mass is 16.6. The summed E-state index contributed by atoms with van der Waals surface area (Å²) < 4.78 is 6.44. The Labute approximate surface area is 105 Å². The van der Waals surface area contributed by atoms with Crippen molar-refractivity contribution in [3.8, 4) is 6.07 Å². The molecule has 92 valence electrons. The van der Waals surface area contributed by atoms with Crippen LogP contribution in [0.5, 0.6) is 0 Å². The van der Waals surface area contributed by atoms with Gasteiger partial charge in [-0.05, 0) is 39.0 Å². The van der Waals surface area contributed by atoms with Gasteiger partial charge < -0.3 is 4.74 Å². The molecule has 0 aliphatic heterocycles. The van der Waals surface area contributed by atoms with E-state index in [4.69, 9.17) is 10.00 Å². The summed E-state index contributed by atoms with van der Waals surface area (Å²) in [5.41, 5.74) is 0.594. The molecule has 0 aliphatic rings. The molecule has 0 bridgehead atoms. The lowest BCUT2D eigenvalue weighted by Gasteiger charge is -2.19. The second-order valence-corrected chi connectivity index (χ2v) is 4.92. The number of nitrogens with zero attached hydrogens (tertiary/aromatic N) is 3. The van der Waals surface area contributed by atoms with Crippen molar-refractivity contribution in [2.75, 3.05) is 0 Å². The first-order valence-corrected chi connectivity index (χ1v) is 5.52. The molecular weight excluding hydrogens is 230 g/mol. The molecule has 0 saturated carbocycles. The first-order chi connectivity index (χ1) is 8.40. The molecule has 0 spiro atoms. The minimum atomic E-state index is -0.568. The van der Waals surface area contributed by atoms with Crippen LogP contribution in [-0.2, 0) is 4.74 Å². The van der Waals surface area contributed by atoms with Crippen molar-refractivity contribution in [2.45, 2.75) is 26.4 Å². The topological polar surface area (TPSA) is 67.9 Å². The zero-order valence-electron chi connectivity index (χ0n) is 10.5. The molecule has 0 N–H and O–H groups in total. The standard InChI is InChI=1S/C13H13N3O2/c1-13(2,3)18-12(17)16-11-5-4-9(7-14)6-10(11)8-15-16/h4-6,8H,1-3H3. The Morgan fingerprint density at radius 3 is 2.78 bits per heavy atom. The van der Waals surface area contributed by atoms with E-state index in [1.165, 1.54) is 4.68 Å². The first kappa shape index (κ1) is 12.1. The third-order valence-electron chi connectivity index (χ3n) is 2.26. The van der Waals surface area contributed by atoms with E-state index in [9.17, 15) is 4.79 Å². The van der Waals surface area contributed by atoms with Gasteiger partial charge in [0.2, 0.25) is 0 Å². The fraction of sp³-hybridized carbons (Fsp3) is 0.308. The lowest BCUT2D eigenvalue weighted by atomic mass is 10.2. The van der Waals surface area contributed by atoms with Crippen LogP contribution in [0.4, 0.5) is 4.79 Å². The Morgan fingerprint density at radius 2 is 2.17 bits per heavy atom. The zero-order valence-corrected chi connectivity index (χ0v) is 10.5. The van der Waals surface area contributed by atoms with E-state index in [1.807, 2.05) is 6.07 Å². The van der Waals surface area contributed by atoms with Crippen molar-refractivity contribution < 1.29 is 9.53 Å². The number of nitriles is 1. The van der Waals surface area contributed by atoms with Crippen molar-refractivity contribution in [1.82, 2.24) is 9.78 Å². The number of rotatable bonds is 0. The SMILES string of the molecule is CC(C)(C)OC(=O)n1ncc2cc(C#N)ccc21. The van der Waals surface area contributed by atoms with Crippen molar-refractivity contribution in [1.29, 1.82) is 5.26 Å². The van der Waals surface area contributed by atoms with Crippen LogP contribution in [0.2, 0.25) is 0 Å². The minimum absolute atomic E-state index is 0.526. The highest BCUT2D eigenvalue weighted by Crippen LogP contribution is 2.17. The lowest BCUT2D eigenvalue weighted by Crippen LogP contribution is -2.27. The van der Waals surface area contributed by atoms with Gasteiger partial charge in [0.15, 0.2) is 0 Å². The van der Waals surface area contributed by atoms with Crippen LogP contribution in [0.3, 0.4) is 0 Å². The summed E-state index contributed by atoms with van der Waals surface area (Å²) in [6.45, 7) is 5.39. The number of fused-ring (bicyclic) bond motifs is 1. The van der Waals surface area contributed by atoms with Gasteiger partial charge in [0.1, 0.15) is 5.60 Å². The summed E-state index contributed by atoms with van der Waals surface area (Å²) in [4.78, 5) is 11.9. The lowest BCUT2D eigenvalue weighted by molar-refractivity contribution is 0.0523. The van der Waals surface area contributed by atoms with Gasteiger partial charge in [-0.25, -0.2) is 4.79 Å². The second kappa shape index (κ2) is 4.15. The van der Waals surface area contributed by atoms with E-state index in [0.29, 0.717) is 11.1 Å². The van der Waals surface area contributed by atoms with Gasteiger partial charge in [0.05, 0.1) is 23.3 Å². The van der Waals surface area contributed by atoms with Gasteiger partial charge in [0, 0.05) is 5.39 Å². The summed E-state index contributed by atoms with van der Waals surface area (Å²) in [6.07, 6.45) is 1.02. The van der Waals surface area contributed by atoms with Crippen LogP contribution < -0.4 is 0 Å². The largest absolute Gasteiger partial charge is 0.442 e. The quantitative estimate of drug-likeness (QED) is 0.713. The Kier molecular flexibility index (Phi) is 2.79. The van der Waals surface area contributed by atoms with Crippen LogP contribution in [0.1, 0.15) is 26.3 Å². The fourth-order valence-corrected chi connectivity index (χ4v) is 1.55. The molecule has 2 aromatic rings. The molecular formula is C13H13N3O2. The molecule has 0 fully saturated rings. The number of carbonyl (C=O) groups excluding carboxylic acids is 1. The first-order valence-electron chi connectivity index (χ1n) is 5.52. The molecule has 0 aliphatic carbocycles. The van der Waals surface area contributed by atoms with Gasteiger partial charge in [-0.3, -0.25) is 0 Å². The molecule has 0 atom stereocenters. The molecule has 5 nitrogen and oxygen atoms in total. The maximum atomic E-state index is 11.9. The fourth-order valence-electron chi connectivity index (χ4n) is 1.55. The van der Waals surface area contributed by atoms with Crippen LogP contribution in [-0.4, -0.2) is 21.5 Å². The average molecular weight is 243 g/mol. The molecule has 1 aromatic heterocycles. The van der Waals surface area contributed by atoms with Crippen molar-refractivity contribution in [3.05, 3.63) is 30.0 Å². The average Bonchev–Trinajstić information content (AvgIpc) is 2.69. The summed E-state index contributed by atoms with van der Waals surface area (Å²) in [7, 11) is 0. The summed E-state index contributed by atoms with van der Waals surface area (Å²) in [5.74, 6) is 0. The van der Waals surface area contributed by atoms with Crippen LogP contribution in [0, 0.1) is 11.3 Å². The van der Waals surface area contributed by atoms with Crippen LogP contribution in [0.15, 0.2) is 24.4 Å². The molecule has 0 saturated heterocycles. The van der Waals surface area contributed by atoms with E-state index in [2.05, 4.69) is 5.10 Å². The maximum Gasteiger partial charge on any atom is 0.435 e.